The van der Waals surface area contributed by atoms with Gasteiger partial charge < -0.3 is 4.74 Å². The third-order valence-electron chi connectivity index (χ3n) is 9.06. The van der Waals surface area contributed by atoms with Gasteiger partial charge in [-0.15, -0.1) is 0 Å². The molecule has 0 aromatic heterocycles. The number of rotatable bonds is 7. The first-order valence-corrected chi connectivity index (χ1v) is 14.7. The SMILES string of the molecule is C/C(F)=C(\F)c1ccc(-c2cc(F)c(C(F)(F)OC3CCC(C4CCC(c5cc(F)c(F)c(F)c5)CC4)CC3)c(F)c2)cc1. The molecule has 236 valence electrons. The summed E-state index contributed by atoms with van der Waals surface area (Å²) in [6, 6.07) is 8.61. The minimum Gasteiger partial charge on any atom is -0.313 e. The number of ether oxygens (including phenoxy) is 1. The quantitative estimate of drug-likeness (QED) is 0.187. The molecule has 0 spiro atoms. The molecular weight excluding hydrogens is 595 g/mol. The second kappa shape index (κ2) is 13.0. The fraction of sp³-hybridized carbons (Fsp3) is 0.412. The Morgan fingerprint density at radius 2 is 1.16 bits per heavy atom. The van der Waals surface area contributed by atoms with Crippen molar-refractivity contribution in [1.29, 1.82) is 0 Å². The summed E-state index contributed by atoms with van der Waals surface area (Å²) in [5.41, 5.74) is -0.976. The van der Waals surface area contributed by atoms with E-state index in [-0.39, 0.29) is 41.4 Å². The third kappa shape index (κ3) is 6.85. The number of benzene rings is 3. The zero-order valence-corrected chi connectivity index (χ0v) is 23.9. The molecule has 3 aromatic rings. The van der Waals surface area contributed by atoms with Crippen LogP contribution in [0.1, 0.15) is 80.9 Å². The lowest BCUT2D eigenvalue weighted by atomic mass is 9.69. The highest BCUT2D eigenvalue weighted by Gasteiger charge is 2.43. The molecule has 1 nitrogen and oxygen atoms in total. The average Bonchev–Trinajstić information content (AvgIpc) is 2.99. The Labute approximate surface area is 249 Å². The van der Waals surface area contributed by atoms with Gasteiger partial charge in [0, 0.05) is 5.56 Å². The van der Waals surface area contributed by atoms with Crippen LogP contribution in [0.3, 0.4) is 0 Å². The van der Waals surface area contributed by atoms with Crippen LogP contribution in [-0.2, 0) is 10.8 Å². The summed E-state index contributed by atoms with van der Waals surface area (Å²) < 4.78 is 133. The highest BCUT2D eigenvalue weighted by atomic mass is 19.3. The van der Waals surface area contributed by atoms with Gasteiger partial charge in [-0.2, -0.15) is 8.78 Å². The molecule has 0 atom stereocenters. The largest absolute Gasteiger partial charge is 0.389 e. The summed E-state index contributed by atoms with van der Waals surface area (Å²) in [7, 11) is 0. The van der Waals surface area contributed by atoms with Crippen LogP contribution in [0.25, 0.3) is 17.0 Å². The highest BCUT2D eigenvalue weighted by Crippen LogP contribution is 2.45. The van der Waals surface area contributed by atoms with Crippen LogP contribution in [0, 0.1) is 40.9 Å². The topological polar surface area (TPSA) is 9.23 Å². The first kappa shape index (κ1) is 32.1. The van der Waals surface area contributed by atoms with Crippen molar-refractivity contribution in [2.45, 2.75) is 76.4 Å². The van der Waals surface area contributed by atoms with Crippen molar-refractivity contribution in [3.05, 3.63) is 100 Å². The molecule has 5 rings (SSSR count). The van der Waals surface area contributed by atoms with E-state index < -0.39 is 58.5 Å². The van der Waals surface area contributed by atoms with Crippen molar-refractivity contribution in [2.24, 2.45) is 11.8 Å². The molecule has 0 heterocycles. The molecule has 0 unspecified atom stereocenters. The zero-order chi connectivity index (χ0) is 31.8. The lowest BCUT2D eigenvalue weighted by Gasteiger charge is -2.38. The van der Waals surface area contributed by atoms with Crippen molar-refractivity contribution in [2.75, 3.05) is 0 Å². The molecule has 3 aromatic carbocycles. The van der Waals surface area contributed by atoms with Crippen LogP contribution in [0.5, 0.6) is 0 Å². The maximum Gasteiger partial charge on any atom is 0.389 e. The number of hydrogen-bond acceptors (Lipinski definition) is 1. The number of alkyl halides is 2. The Hall–Kier alpha value is -3.27. The minimum absolute atomic E-state index is 0.0580. The molecule has 0 N–H and O–H groups in total. The number of halogens is 9. The van der Waals surface area contributed by atoms with Gasteiger partial charge in [0.15, 0.2) is 23.3 Å². The summed E-state index contributed by atoms with van der Waals surface area (Å²) in [5.74, 6) is -8.56. The first-order valence-electron chi connectivity index (χ1n) is 14.7. The third-order valence-corrected chi connectivity index (χ3v) is 9.06. The maximum absolute atomic E-state index is 15.1. The van der Waals surface area contributed by atoms with Crippen LogP contribution in [0.15, 0.2) is 54.4 Å². The van der Waals surface area contributed by atoms with Crippen molar-refractivity contribution >= 4 is 5.83 Å². The van der Waals surface area contributed by atoms with Crippen LogP contribution in [0.4, 0.5) is 39.5 Å². The van der Waals surface area contributed by atoms with Crippen LogP contribution in [0.2, 0.25) is 0 Å². The fourth-order valence-corrected chi connectivity index (χ4v) is 6.71. The van der Waals surface area contributed by atoms with Crippen molar-refractivity contribution in [3.63, 3.8) is 0 Å². The Morgan fingerprint density at radius 3 is 1.66 bits per heavy atom. The van der Waals surface area contributed by atoms with E-state index in [0.717, 1.165) is 44.0 Å². The van der Waals surface area contributed by atoms with E-state index in [4.69, 9.17) is 4.74 Å². The lowest BCUT2D eigenvalue weighted by molar-refractivity contribution is -0.281. The van der Waals surface area contributed by atoms with Gasteiger partial charge in [0.1, 0.15) is 23.0 Å². The molecule has 0 amide bonds. The molecule has 2 aliphatic carbocycles. The van der Waals surface area contributed by atoms with Gasteiger partial charge >= 0.3 is 6.11 Å². The van der Waals surface area contributed by atoms with E-state index in [1.165, 1.54) is 24.3 Å². The first-order chi connectivity index (χ1) is 20.8. The molecule has 10 heteroatoms. The number of hydrogen-bond donors (Lipinski definition) is 0. The summed E-state index contributed by atoms with van der Waals surface area (Å²) in [4.78, 5) is 0. The molecule has 2 fully saturated rings. The van der Waals surface area contributed by atoms with Crippen LogP contribution >= 0.6 is 0 Å². The van der Waals surface area contributed by atoms with E-state index in [9.17, 15) is 30.7 Å². The molecule has 44 heavy (non-hydrogen) atoms. The van der Waals surface area contributed by atoms with E-state index in [2.05, 4.69) is 0 Å². The Balaban J connectivity index is 1.17. The normalized spacial score (nSPS) is 23.4. The van der Waals surface area contributed by atoms with Gasteiger partial charge in [0.2, 0.25) is 0 Å². The van der Waals surface area contributed by atoms with Gasteiger partial charge in [-0.3, -0.25) is 0 Å². The van der Waals surface area contributed by atoms with Crippen molar-refractivity contribution in [1.82, 2.24) is 0 Å². The smallest absolute Gasteiger partial charge is 0.313 e. The fourth-order valence-electron chi connectivity index (χ4n) is 6.71. The highest BCUT2D eigenvalue weighted by molar-refractivity contribution is 5.68. The molecule has 0 saturated heterocycles. The second-order valence-electron chi connectivity index (χ2n) is 11.8. The molecule has 2 aliphatic rings. The minimum atomic E-state index is -4.22. The van der Waals surface area contributed by atoms with E-state index >= 15 is 8.78 Å². The number of allylic oxidation sites excluding steroid dienone is 1. The summed E-state index contributed by atoms with van der Waals surface area (Å²) in [6.07, 6.45) is -0.470. The van der Waals surface area contributed by atoms with Gasteiger partial charge in [-0.05, 0) is 117 Å². The molecule has 0 bridgehead atoms. The van der Waals surface area contributed by atoms with Crippen molar-refractivity contribution < 1.29 is 44.3 Å². The molecular formula is C34H31F9O. The second-order valence-corrected chi connectivity index (χ2v) is 11.8. The molecule has 0 radical (unpaired) electrons. The monoisotopic (exact) mass is 626 g/mol. The predicted molar refractivity (Wildman–Crippen MR) is 148 cm³/mol. The van der Waals surface area contributed by atoms with Crippen LogP contribution in [-0.4, -0.2) is 6.10 Å². The summed E-state index contributed by atoms with van der Waals surface area (Å²) in [6.45, 7) is 0.944. The van der Waals surface area contributed by atoms with Crippen molar-refractivity contribution in [3.8, 4) is 11.1 Å². The van der Waals surface area contributed by atoms with Gasteiger partial charge in [0.25, 0.3) is 0 Å². The van der Waals surface area contributed by atoms with Gasteiger partial charge in [-0.1, -0.05) is 24.3 Å². The predicted octanol–water partition coefficient (Wildman–Crippen LogP) is 11.3. The maximum atomic E-state index is 15.1. The Bertz CT molecular complexity index is 1470. The lowest BCUT2D eigenvalue weighted by Crippen LogP contribution is -2.33. The van der Waals surface area contributed by atoms with E-state index in [1.54, 1.807) is 0 Å². The Kier molecular flexibility index (Phi) is 9.49. The zero-order valence-electron chi connectivity index (χ0n) is 23.9. The van der Waals surface area contributed by atoms with E-state index in [1.807, 2.05) is 0 Å². The standard InChI is InChI=1S/C34H31F9O/c1-18(35)32(40)23-8-6-22(7-9-23)24-14-27(36)31(28(37)15-24)34(42,43)44-26-12-10-20(11-13-26)19-2-4-21(5-3-19)25-16-29(38)33(41)30(39)17-25/h6-9,14-17,19-21,26H,2-5,10-13H2,1H3/b32-18+. The van der Waals surface area contributed by atoms with Gasteiger partial charge in [0.05, 0.1) is 6.10 Å². The molecule has 0 aliphatic heterocycles. The summed E-state index contributed by atoms with van der Waals surface area (Å²) in [5, 5.41) is 0. The average molecular weight is 627 g/mol. The summed E-state index contributed by atoms with van der Waals surface area (Å²) >= 11 is 0. The van der Waals surface area contributed by atoms with E-state index in [0.29, 0.717) is 37.2 Å². The van der Waals surface area contributed by atoms with Gasteiger partial charge in [-0.25, -0.2) is 30.7 Å². The Morgan fingerprint density at radius 1 is 0.659 bits per heavy atom. The molecule has 2 saturated carbocycles. The van der Waals surface area contributed by atoms with Crippen LogP contribution < -0.4 is 0 Å².